The van der Waals surface area contributed by atoms with Gasteiger partial charge in [0.1, 0.15) is 5.75 Å². The maximum atomic E-state index is 5.59. The van der Waals surface area contributed by atoms with Crippen molar-refractivity contribution in [2.45, 2.75) is 30.7 Å². The molecule has 2 fully saturated rings. The number of hydrogen-bond acceptors (Lipinski definition) is 3. The van der Waals surface area contributed by atoms with Gasteiger partial charge in [-0.2, -0.15) is 0 Å². The highest BCUT2D eigenvalue weighted by Crippen LogP contribution is 2.50. The number of para-hydroxylation sites is 2. The van der Waals surface area contributed by atoms with Crippen LogP contribution in [0.1, 0.15) is 24.8 Å². The topological polar surface area (TPSA) is 48.9 Å². The Hall–Kier alpha value is -2.69. The third-order valence-electron chi connectivity index (χ3n) is 6.00. The highest BCUT2D eigenvalue weighted by atomic mass is 16.5. The maximum Gasteiger partial charge on any atom is 0.191 e. The van der Waals surface area contributed by atoms with Gasteiger partial charge >= 0.3 is 0 Å². The standard InChI is InChI=1S/C23H30N4O/c1-24-22(26-18-12-15-27(16-18)19-8-4-3-5-9-19)25-17-23(13-14-23)20-10-6-7-11-21(20)28-2/h3-11,18H,12-17H2,1-2H3,(H2,24,25,26). The van der Waals surface area contributed by atoms with Gasteiger partial charge in [-0.25, -0.2) is 0 Å². The summed E-state index contributed by atoms with van der Waals surface area (Å²) in [6.07, 6.45) is 3.48. The minimum Gasteiger partial charge on any atom is -0.496 e. The predicted molar refractivity (Wildman–Crippen MR) is 115 cm³/mol. The molecule has 4 rings (SSSR count). The summed E-state index contributed by atoms with van der Waals surface area (Å²) in [7, 11) is 3.60. The number of rotatable bonds is 6. The lowest BCUT2D eigenvalue weighted by molar-refractivity contribution is 0.403. The molecule has 1 atom stereocenters. The van der Waals surface area contributed by atoms with Crippen LogP contribution >= 0.6 is 0 Å². The summed E-state index contributed by atoms with van der Waals surface area (Å²) in [5.74, 6) is 1.88. The molecule has 2 aromatic rings. The Morgan fingerprint density at radius 3 is 2.61 bits per heavy atom. The van der Waals surface area contributed by atoms with Crippen LogP contribution in [0.5, 0.6) is 5.75 Å². The second-order valence-corrected chi connectivity index (χ2v) is 7.82. The Morgan fingerprint density at radius 1 is 1.14 bits per heavy atom. The molecule has 0 amide bonds. The molecule has 0 aromatic heterocycles. The van der Waals surface area contributed by atoms with Gasteiger partial charge in [0.25, 0.3) is 0 Å². The molecule has 1 heterocycles. The van der Waals surface area contributed by atoms with Crippen molar-refractivity contribution in [2.24, 2.45) is 4.99 Å². The molecule has 5 nitrogen and oxygen atoms in total. The van der Waals surface area contributed by atoms with Crippen LogP contribution in [0.25, 0.3) is 0 Å². The first-order chi connectivity index (χ1) is 13.7. The van der Waals surface area contributed by atoms with E-state index in [1.807, 2.05) is 13.1 Å². The fourth-order valence-corrected chi connectivity index (χ4v) is 4.17. The van der Waals surface area contributed by atoms with E-state index >= 15 is 0 Å². The van der Waals surface area contributed by atoms with Gasteiger partial charge in [0.2, 0.25) is 0 Å². The first-order valence-electron chi connectivity index (χ1n) is 10.1. The van der Waals surface area contributed by atoms with Gasteiger partial charge in [0, 0.05) is 49.4 Å². The molecule has 1 saturated heterocycles. The molecule has 1 aliphatic heterocycles. The fraction of sp³-hybridized carbons (Fsp3) is 0.435. The lowest BCUT2D eigenvalue weighted by atomic mass is 9.95. The third-order valence-corrected chi connectivity index (χ3v) is 6.00. The van der Waals surface area contributed by atoms with Crippen LogP contribution in [0.15, 0.2) is 59.6 Å². The van der Waals surface area contributed by atoms with Gasteiger partial charge in [-0.1, -0.05) is 36.4 Å². The average molecular weight is 379 g/mol. The van der Waals surface area contributed by atoms with Gasteiger partial charge in [-0.3, -0.25) is 4.99 Å². The second-order valence-electron chi connectivity index (χ2n) is 7.82. The van der Waals surface area contributed by atoms with Gasteiger partial charge < -0.3 is 20.3 Å². The van der Waals surface area contributed by atoms with Gasteiger partial charge in [-0.05, 0) is 37.5 Å². The number of benzene rings is 2. The fourth-order valence-electron chi connectivity index (χ4n) is 4.17. The molecule has 1 saturated carbocycles. The molecule has 2 aromatic carbocycles. The first kappa shape index (κ1) is 18.7. The number of anilines is 1. The van der Waals surface area contributed by atoms with Crippen LogP contribution in [-0.4, -0.2) is 45.8 Å². The van der Waals surface area contributed by atoms with E-state index in [1.54, 1.807) is 7.11 Å². The van der Waals surface area contributed by atoms with Crippen molar-refractivity contribution in [3.63, 3.8) is 0 Å². The van der Waals surface area contributed by atoms with Crippen molar-refractivity contribution in [1.82, 2.24) is 10.6 Å². The lowest BCUT2D eigenvalue weighted by Crippen LogP contribution is -2.46. The molecule has 2 aliphatic rings. The second kappa shape index (κ2) is 8.13. The third kappa shape index (κ3) is 3.93. The number of ether oxygens (including phenoxy) is 1. The molecule has 148 valence electrons. The minimum absolute atomic E-state index is 0.163. The van der Waals surface area contributed by atoms with Crippen molar-refractivity contribution in [3.8, 4) is 5.75 Å². The molecule has 1 aliphatic carbocycles. The van der Waals surface area contributed by atoms with Gasteiger partial charge in [0.15, 0.2) is 5.96 Å². The molecule has 5 heteroatoms. The Bertz CT molecular complexity index is 816. The number of guanidine groups is 1. The van der Waals surface area contributed by atoms with E-state index in [0.717, 1.165) is 37.8 Å². The van der Waals surface area contributed by atoms with Crippen LogP contribution in [-0.2, 0) is 5.41 Å². The van der Waals surface area contributed by atoms with E-state index in [9.17, 15) is 0 Å². The summed E-state index contributed by atoms with van der Waals surface area (Å²) in [5.41, 5.74) is 2.76. The monoisotopic (exact) mass is 378 g/mol. The van der Waals surface area contributed by atoms with Crippen LogP contribution in [0.2, 0.25) is 0 Å². The molecular weight excluding hydrogens is 348 g/mol. The van der Waals surface area contributed by atoms with E-state index < -0.39 is 0 Å². The number of aliphatic imine (C=N–C) groups is 1. The van der Waals surface area contributed by atoms with E-state index in [1.165, 1.54) is 24.1 Å². The summed E-state index contributed by atoms with van der Waals surface area (Å²) in [6.45, 7) is 2.95. The number of methoxy groups -OCH3 is 1. The van der Waals surface area contributed by atoms with Crippen LogP contribution in [0, 0.1) is 0 Å². The van der Waals surface area contributed by atoms with E-state index in [4.69, 9.17) is 4.74 Å². The first-order valence-corrected chi connectivity index (χ1v) is 10.1. The predicted octanol–water partition coefficient (Wildman–Crippen LogP) is 3.17. The van der Waals surface area contributed by atoms with Crippen molar-refractivity contribution < 1.29 is 4.74 Å². The van der Waals surface area contributed by atoms with Crippen LogP contribution < -0.4 is 20.3 Å². The van der Waals surface area contributed by atoms with Crippen molar-refractivity contribution >= 4 is 11.6 Å². The van der Waals surface area contributed by atoms with E-state index in [-0.39, 0.29) is 5.41 Å². The minimum atomic E-state index is 0.163. The van der Waals surface area contributed by atoms with Crippen molar-refractivity contribution in [2.75, 3.05) is 38.7 Å². The Balaban J connectivity index is 1.33. The Kier molecular flexibility index (Phi) is 5.42. The van der Waals surface area contributed by atoms with Crippen LogP contribution in [0.4, 0.5) is 5.69 Å². The Labute approximate surface area is 167 Å². The quantitative estimate of drug-likeness (QED) is 0.599. The number of nitrogens with zero attached hydrogens (tertiary/aromatic N) is 2. The van der Waals surface area contributed by atoms with Gasteiger partial charge in [0.05, 0.1) is 7.11 Å². The summed E-state index contributed by atoms with van der Waals surface area (Å²) < 4.78 is 5.59. The van der Waals surface area contributed by atoms with Crippen LogP contribution in [0.3, 0.4) is 0 Å². The summed E-state index contributed by atoms with van der Waals surface area (Å²) in [5, 5.41) is 7.18. The van der Waals surface area contributed by atoms with Crippen molar-refractivity contribution in [1.29, 1.82) is 0 Å². The maximum absolute atomic E-state index is 5.59. The SMILES string of the molecule is CN=C(NCC1(c2ccccc2OC)CC1)NC1CCN(c2ccccc2)C1. The normalized spacial score (nSPS) is 20.7. The lowest BCUT2D eigenvalue weighted by Gasteiger charge is -2.23. The number of hydrogen-bond donors (Lipinski definition) is 2. The molecule has 0 radical (unpaired) electrons. The van der Waals surface area contributed by atoms with E-state index in [2.05, 4.69) is 69.1 Å². The van der Waals surface area contributed by atoms with Crippen molar-refractivity contribution in [3.05, 3.63) is 60.2 Å². The Morgan fingerprint density at radius 2 is 1.89 bits per heavy atom. The molecular formula is C23H30N4O. The summed E-state index contributed by atoms with van der Waals surface area (Å²) in [4.78, 5) is 6.89. The zero-order valence-electron chi connectivity index (χ0n) is 16.8. The molecule has 0 bridgehead atoms. The summed E-state index contributed by atoms with van der Waals surface area (Å²) >= 11 is 0. The molecule has 2 N–H and O–H groups in total. The highest BCUT2D eigenvalue weighted by molar-refractivity contribution is 5.80. The molecule has 28 heavy (non-hydrogen) atoms. The van der Waals surface area contributed by atoms with E-state index in [0.29, 0.717) is 6.04 Å². The molecule has 1 unspecified atom stereocenters. The number of nitrogens with one attached hydrogen (secondary N) is 2. The van der Waals surface area contributed by atoms with Gasteiger partial charge in [-0.15, -0.1) is 0 Å². The average Bonchev–Trinajstić information content (AvgIpc) is 3.40. The summed E-state index contributed by atoms with van der Waals surface area (Å²) in [6, 6.07) is 19.4. The zero-order chi connectivity index (χ0) is 19.4. The zero-order valence-corrected chi connectivity index (χ0v) is 16.8. The largest absolute Gasteiger partial charge is 0.496 e. The smallest absolute Gasteiger partial charge is 0.191 e. The highest BCUT2D eigenvalue weighted by Gasteiger charge is 2.46. The molecule has 0 spiro atoms.